The van der Waals surface area contributed by atoms with Gasteiger partial charge in [0.05, 0.1) is 18.3 Å². The minimum Gasteiger partial charge on any atom is -0.456 e. The van der Waals surface area contributed by atoms with Crippen molar-refractivity contribution in [3.8, 4) is 0 Å². The molecule has 1 N–H and O–H groups in total. The van der Waals surface area contributed by atoms with Gasteiger partial charge in [0, 0.05) is 16.7 Å². The number of nitrogens with one attached hydrogen (secondary N) is 1. The molecule has 160 valence electrons. The Morgan fingerprint density at radius 1 is 1.10 bits per heavy atom. The second kappa shape index (κ2) is 8.13. The number of benzene rings is 1. The van der Waals surface area contributed by atoms with Crippen LogP contribution in [0, 0.1) is 37.5 Å². The van der Waals surface area contributed by atoms with E-state index in [0.29, 0.717) is 17.5 Å². The zero-order valence-electron chi connectivity index (χ0n) is 17.1. The summed E-state index contributed by atoms with van der Waals surface area (Å²) >= 11 is 3.47. The number of hydrogen-bond acceptors (Lipinski definition) is 5. The Morgan fingerprint density at radius 3 is 2.23 bits per heavy atom. The first-order valence-electron chi connectivity index (χ1n) is 10.3. The fourth-order valence-corrected chi connectivity index (χ4v) is 5.56. The second-order valence-corrected chi connectivity index (χ2v) is 9.39. The van der Waals surface area contributed by atoms with Crippen LogP contribution in [-0.4, -0.2) is 41.7 Å². The molecule has 8 heteroatoms. The van der Waals surface area contributed by atoms with Gasteiger partial charge < -0.3 is 10.1 Å². The van der Waals surface area contributed by atoms with E-state index in [1.165, 1.54) is 4.90 Å². The molecule has 3 amide bonds. The fourth-order valence-electron chi connectivity index (χ4n) is 5.33. The largest absolute Gasteiger partial charge is 0.456 e. The van der Waals surface area contributed by atoms with Crippen molar-refractivity contribution in [2.24, 2.45) is 23.7 Å². The molecule has 1 heterocycles. The van der Waals surface area contributed by atoms with E-state index in [2.05, 4.69) is 21.2 Å². The molecule has 0 aromatic heterocycles. The van der Waals surface area contributed by atoms with Gasteiger partial charge in [0.1, 0.15) is 0 Å². The molecule has 1 aromatic carbocycles. The molecule has 4 atom stereocenters. The maximum Gasteiger partial charge on any atom is 0.308 e. The number of halogens is 1. The van der Waals surface area contributed by atoms with Crippen LogP contribution in [0.2, 0.25) is 0 Å². The number of anilines is 1. The lowest BCUT2D eigenvalue weighted by atomic mass is 9.81. The van der Waals surface area contributed by atoms with Crippen molar-refractivity contribution in [2.75, 3.05) is 18.5 Å². The zero-order valence-corrected chi connectivity index (χ0v) is 18.7. The molecule has 2 aliphatic carbocycles. The van der Waals surface area contributed by atoms with Crippen LogP contribution in [0.3, 0.4) is 0 Å². The number of hydrogen-bond donors (Lipinski definition) is 1. The number of imide groups is 1. The average Bonchev–Trinajstić information content (AvgIpc) is 3.37. The summed E-state index contributed by atoms with van der Waals surface area (Å²) in [5, 5.41) is 2.71. The average molecular weight is 477 g/mol. The molecule has 7 nitrogen and oxygen atoms in total. The van der Waals surface area contributed by atoms with Gasteiger partial charge in [-0.3, -0.25) is 24.1 Å². The Labute approximate surface area is 183 Å². The highest BCUT2D eigenvalue weighted by Gasteiger charge is 2.60. The van der Waals surface area contributed by atoms with E-state index < -0.39 is 18.5 Å². The number of amides is 3. The van der Waals surface area contributed by atoms with Crippen molar-refractivity contribution < 1.29 is 23.9 Å². The molecule has 1 saturated heterocycles. The second-order valence-electron chi connectivity index (χ2n) is 8.60. The van der Waals surface area contributed by atoms with E-state index in [4.69, 9.17) is 4.74 Å². The van der Waals surface area contributed by atoms with Gasteiger partial charge in [0.2, 0.25) is 11.8 Å². The van der Waals surface area contributed by atoms with Gasteiger partial charge in [0.15, 0.2) is 6.61 Å². The Kier molecular flexibility index (Phi) is 5.70. The number of carbonyl (C=O) groups excluding carboxylic acids is 4. The van der Waals surface area contributed by atoms with E-state index in [1.54, 1.807) is 0 Å². The Hall–Kier alpha value is -2.22. The standard InChI is InChI=1S/C22H25BrN2O5/c1-11-7-15(8-12(2)20(11)23)24-16(26)10-30-17(27)5-6-25-21(28)18-13-3-4-14(9-13)19(18)22(25)29/h7-8,13-14,18-19H,3-6,9-10H2,1-2H3,(H,24,26)/t13-,14-,18-,19-/m0/s1. The van der Waals surface area contributed by atoms with Crippen LogP contribution >= 0.6 is 15.9 Å². The maximum absolute atomic E-state index is 12.6. The molecular weight excluding hydrogens is 452 g/mol. The van der Waals surface area contributed by atoms with E-state index >= 15 is 0 Å². The van der Waals surface area contributed by atoms with Crippen molar-refractivity contribution in [1.82, 2.24) is 4.90 Å². The molecule has 2 saturated carbocycles. The van der Waals surface area contributed by atoms with E-state index in [-0.39, 0.29) is 36.6 Å². The smallest absolute Gasteiger partial charge is 0.308 e. The first-order valence-corrected chi connectivity index (χ1v) is 11.1. The summed E-state index contributed by atoms with van der Waals surface area (Å²) in [6.07, 6.45) is 2.92. The minimum atomic E-state index is -0.603. The van der Waals surface area contributed by atoms with Gasteiger partial charge in [-0.05, 0) is 68.2 Å². The normalized spacial score (nSPS) is 26.8. The van der Waals surface area contributed by atoms with Crippen LogP contribution in [0.15, 0.2) is 16.6 Å². The van der Waals surface area contributed by atoms with Gasteiger partial charge in [0.25, 0.3) is 5.91 Å². The molecular formula is C22H25BrN2O5. The van der Waals surface area contributed by atoms with Crippen LogP contribution in [0.5, 0.6) is 0 Å². The molecule has 3 fully saturated rings. The van der Waals surface area contributed by atoms with E-state index in [1.807, 2.05) is 26.0 Å². The lowest BCUT2D eigenvalue weighted by Gasteiger charge is -2.19. The molecule has 2 bridgehead atoms. The third kappa shape index (κ3) is 3.77. The molecule has 1 aliphatic heterocycles. The molecule has 0 radical (unpaired) electrons. The summed E-state index contributed by atoms with van der Waals surface area (Å²) in [5.41, 5.74) is 2.60. The van der Waals surface area contributed by atoms with Crippen molar-refractivity contribution in [3.63, 3.8) is 0 Å². The van der Waals surface area contributed by atoms with Gasteiger partial charge in [-0.15, -0.1) is 0 Å². The Morgan fingerprint density at radius 2 is 1.67 bits per heavy atom. The highest BCUT2D eigenvalue weighted by Crippen LogP contribution is 2.56. The number of esters is 1. The Bertz CT molecular complexity index is 879. The summed E-state index contributed by atoms with van der Waals surface area (Å²) in [6.45, 7) is 3.46. The summed E-state index contributed by atoms with van der Waals surface area (Å²) < 4.78 is 6.01. The minimum absolute atomic E-state index is 0.0235. The lowest BCUT2D eigenvalue weighted by molar-refractivity contribution is -0.149. The highest BCUT2D eigenvalue weighted by molar-refractivity contribution is 9.10. The number of fused-ring (bicyclic) bond motifs is 5. The fraction of sp³-hybridized carbons (Fsp3) is 0.545. The molecule has 4 rings (SSSR count). The van der Waals surface area contributed by atoms with Crippen LogP contribution < -0.4 is 5.32 Å². The predicted octanol–water partition coefficient (Wildman–Crippen LogP) is 2.97. The quantitative estimate of drug-likeness (QED) is 0.503. The van der Waals surface area contributed by atoms with Crippen LogP contribution in [0.4, 0.5) is 5.69 Å². The maximum atomic E-state index is 12.6. The summed E-state index contributed by atoms with van der Waals surface area (Å²) in [7, 11) is 0. The number of rotatable bonds is 6. The molecule has 0 spiro atoms. The summed E-state index contributed by atoms with van der Waals surface area (Å²) in [6, 6.07) is 3.65. The third-order valence-electron chi connectivity index (χ3n) is 6.64. The van der Waals surface area contributed by atoms with Crippen molar-refractivity contribution in [1.29, 1.82) is 0 Å². The lowest BCUT2D eigenvalue weighted by Crippen LogP contribution is -2.35. The van der Waals surface area contributed by atoms with Crippen molar-refractivity contribution >= 4 is 45.3 Å². The first kappa shape index (κ1) is 21.0. The van der Waals surface area contributed by atoms with Crippen LogP contribution in [-0.2, 0) is 23.9 Å². The van der Waals surface area contributed by atoms with Gasteiger partial charge in [-0.1, -0.05) is 15.9 Å². The molecule has 30 heavy (non-hydrogen) atoms. The third-order valence-corrected chi connectivity index (χ3v) is 7.89. The van der Waals surface area contributed by atoms with Gasteiger partial charge >= 0.3 is 5.97 Å². The molecule has 3 aliphatic rings. The zero-order chi connectivity index (χ0) is 21.6. The highest BCUT2D eigenvalue weighted by atomic mass is 79.9. The van der Waals surface area contributed by atoms with Crippen molar-refractivity contribution in [2.45, 2.75) is 39.5 Å². The first-order chi connectivity index (χ1) is 14.3. The number of carbonyl (C=O) groups is 4. The summed E-state index contributed by atoms with van der Waals surface area (Å²) in [4.78, 5) is 50.6. The SMILES string of the molecule is Cc1cc(NC(=O)COC(=O)CCN2C(=O)[C@H]3[C@H]4CC[C@@H](C4)[C@@H]3C2=O)cc(C)c1Br. The Balaban J connectivity index is 1.24. The topological polar surface area (TPSA) is 92.8 Å². The number of ether oxygens (including phenoxy) is 1. The van der Waals surface area contributed by atoms with E-state index in [0.717, 1.165) is 34.9 Å². The van der Waals surface area contributed by atoms with Gasteiger partial charge in [-0.2, -0.15) is 0 Å². The van der Waals surface area contributed by atoms with Crippen molar-refractivity contribution in [3.05, 3.63) is 27.7 Å². The summed E-state index contributed by atoms with van der Waals surface area (Å²) in [5.74, 6) is -1.04. The van der Waals surface area contributed by atoms with Crippen LogP contribution in [0.1, 0.15) is 36.8 Å². The number of nitrogens with zero attached hydrogens (tertiary/aromatic N) is 1. The van der Waals surface area contributed by atoms with Gasteiger partial charge in [-0.25, -0.2) is 0 Å². The molecule has 1 aromatic rings. The van der Waals surface area contributed by atoms with Crippen LogP contribution in [0.25, 0.3) is 0 Å². The van der Waals surface area contributed by atoms with E-state index in [9.17, 15) is 19.2 Å². The number of likely N-dealkylation sites (tertiary alicyclic amines) is 1. The predicted molar refractivity (Wildman–Crippen MR) is 112 cm³/mol. The molecule has 0 unspecified atom stereocenters. The number of aryl methyl sites for hydroxylation is 2. The monoisotopic (exact) mass is 476 g/mol.